The van der Waals surface area contributed by atoms with Crippen LogP contribution in [0, 0.1) is 5.92 Å². The van der Waals surface area contributed by atoms with E-state index in [2.05, 4.69) is 11.8 Å². The molecule has 3 heteroatoms. The van der Waals surface area contributed by atoms with Gasteiger partial charge in [0.25, 0.3) is 0 Å². The van der Waals surface area contributed by atoms with Crippen molar-refractivity contribution in [3.8, 4) is 0 Å². The topological polar surface area (TPSA) is 41.6 Å². The maximum atomic E-state index is 6.19. The van der Waals surface area contributed by atoms with Gasteiger partial charge < -0.3 is 10.6 Å². The van der Waals surface area contributed by atoms with Gasteiger partial charge in [0.1, 0.15) is 0 Å². The summed E-state index contributed by atoms with van der Waals surface area (Å²) in [5.74, 6) is 1.73. The maximum Gasteiger partial charge on any atom is 0.191 e. The van der Waals surface area contributed by atoms with Crippen molar-refractivity contribution in [3.63, 3.8) is 0 Å². The molecule has 1 atom stereocenters. The Kier molecular flexibility index (Phi) is 5.33. The highest BCUT2D eigenvalue weighted by Gasteiger charge is 2.19. The van der Waals surface area contributed by atoms with Crippen LogP contribution < -0.4 is 5.73 Å². The molecule has 104 valence electrons. The highest BCUT2D eigenvalue weighted by Crippen LogP contribution is 2.23. The molecule has 0 spiro atoms. The molecule has 1 aliphatic carbocycles. The average Bonchev–Trinajstić information content (AvgIpc) is 2.74. The highest BCUT2D eigenvalue weighted by atomic mass is 15.3. The third kappa shape index (κ3) is 3.89. The summed E-state index contributed by atoms with van der Waals surface area (Å²) < 4.78 is 0. The Hall–Kier alpha value is -0.730. The molecule has 2 aliphatic rings. The van der Waals surface area contributed by atoms with Crippen molar-refractivity contribution in [2.45, 2.75) is 70.8 Å². The molecule has 1 aliphatic heterocycles. The lowest BCUT2D eigenvalue weighted by Crippen LogP contribution is -2.39. The Morgan fingerprint density at radius 2 is 1.89 bits per heavy atom. The van der Waals surface area contributed by atoms with E-state index < -0.39 is 0 Å². The first kappa shape index (κ1) is 13.7. The van der Waals surface area contributed by atoms with Gasteiger partial charge in [0, 0.05) is 13.1 Å². The molecule has 0 bridgehead atoms. The van der Waals surface area contributed by atoms with Crippen molar-refractivity contribution in [2.75, 3.05) is 13.1 Å². The van der Waals surface area contributed by atoms with Crippen LogP contribution in [-0.2, 0) is 0 Å². The monoisotopic (exact) mass is 251 g/mol. The molecule has 2 fully saturated rings. The van der Waals surface area contributed by atoms with E-state index >= 15 is 0 Å². The number of aliphatic imine (C=N–C) groups is 1. The second kappa shape index (κ2) is 7.01. The molecular formula is C15H29N3. The average molecular weight is 251 g/mol. The molecular weight excluding hydrogens is 222 g/mol. The third-order valence-corrected chi connectivity index (χ3v) is 4.51. The van der Waals surface area contributed by atoms with E-state index in [9.17, 15) is 0 Å². The van der Waals surface area contributed by atoms with E-state index in [0.29, 0.717) is 6.04 Å². The molecule has 1 heterocycles. The minimum absolute atomic E-state index is 0.514. The summed E-state index contributed by atoms with van der Waals surface area (Å²) in [5.41, 5.74) is 6.19. The summed E-state index contributed by atoms with van der Waals surface area (Å²) in [4.78, 5) is 7.06. The smallest absolute Gasteiger partial charge is 0.191 e. The predicted molar refractivity (Wildman–Crippen MR) is 77.7 cm³/mol. The number of hydrogen-bond acceptors (Lipinski definition) is 1. The van der Waals surface area contributed by atoms with E-state index in [1.165, 1.54) is 57.8 Å². The van der Waals surface area contributed by atoms with Crippen LogP contribution in [0.2, 0.25) is 0 Å². The number of rotatable bonds is 3. The lowest BCUT2D eigenvalue weighted by molar-refractivity contribution is 0.397. The fourth-order valence-corrected chi connectivity index (χ4v) is 3.39. The predicted octanol–water partition coefficient (Wildman–Crippen LogP) is 3.15. The second-order valence-corrected chi connectivity index (χ2v) is 6.00. The zero-order chi connectivity index (χ0) is 12.8. The van der Waals surface area contributed by atoms with Gasteiger partial charge in [0.2, 0.25) is 0 Å². The van der Waals surface area contributed by atoms with Gasteiger partial charge in [-0.25, -0.2) is 4.99 Å². The fraction of sp³-hybridized carbons (Fsp3) is 0.933. The molecule has 18 heavy (non-hydrogen) atoms. The Morgan fingerprint density at radius 1 is 1.11 bits per heavy atom. The van der Waals surface area contributed by atoms with E-state index in [1.807, 2.05) is 0 Å². The van der Waals surface area contributed by atoms with Crippen molar-refractivity contribution in [1.29, 1.82) is 0 Å². The van der Waals surface area contributed by atoms with E-state index in [4.69, 9.17) is 10.7 Å². The first-order valence-electron chi connectivity index (χ1n) is 7.87. The molecule has 1 unspecified atom stereocenters. The van der Waals surface area contributed by atoms with Gasteiger partial charge in [-0.05, 0) is 38.0 Å². The standard InChI is InChI=1S/C15H29N3/c1-2-6-13-7-5-11-18(12-10-13)15(16)17-14-8-3-4-9-14/h13-14H,2-12H2,1H3,(H2,16,17). The number of nitrogens with two attached hydrogens (primary N) is 1. The van der Waals surface area contributed by atoms with Crippen molar-refractivity contribution < 1.29 is 0 Å². The van der Waals surface area contributed by atoms with Crippen LogP contribution in [-0.4, -0.2) is 30.0 Å². The highest BCUT2D eigenvalue weighted by molar-refractivity contribution is 5.78. The summed E-state index contributed by atoms with van der Waals surface area (Å²) in [7, 11) is 0. The van der Waals surface area contributed by atoms with Crippen molar-refractivity contribution in [1.82, 2.24) is 4.90 Å². The summed E-state index contributed by atoms with van der Waals surface area (Å²) in [6.45, 7) is 4.52. The van der Waals surface area contributed by atoms with Crippen LogP contribution >= 0.6 is 0 Å². The van der Waals surface area contributed by atoms with Crippen LogP contribution in [0.1, 0.15) is 64.7 Å². The number of nitrogens with zero attached hydrogens (tertiary/aromatic N) is 2. The van der Waals surface area contributed by atoms with Crippen LogP contribution in [0.4, 0.5) is 0 Å². The van der Waals surface area contributed by atoms with Crippen molar-refractivity contribution >= 4 is 5.96 Å². The Balaban J connectivity index is 1.84. The zero-order valence-corrected chi connectivity index (χ0v) is 11.9. The van der Waals surface area contributed by atoms with Crippen LogP contribution in [0.25, 0.3) is 0 Å². The maximum absolute atomic E-state index is 6.19. The fourth-order valence-electron chi connectivity index (χ4n) is 3.39. The number of likely N-dealkylation sites (tertiary alicyclic amines) is 1. The van der Waals surface area contributed by atoms with E-state index in [1.54, 1.807) is 0 Å². The molecule has 3 nitrogen and oxygen atoms in total. The molecule has 2 rings (SSSR count). The Bertz CT molecular complexity index is 269. The lowest BCUT2D eigenvalue weighted by Gasteiger charge is -2.22. The normalized spacial score (nSPS) is 27.5. The van der Waals surface area contributed by atoms with Gasteiger partial charge in [-0.3, -0.25) is 0 Å². The second-order valence-electron chi connectivity index (χ2n) is 6.00. The lowest BCUT2D eigenvalue weighted by atomic mass is 9.96. The minimum Gasteiger partial charge on any atom is -0.370 e. The quantitative estimate of drug-likeness (QED) is 0.618. The zero-order valence-electron chi connectivity index (χ0n) is 11.9. The first-order chi connectivity index (χ1) is 8.79. The molecule has 0 amide bonds. The third-order valence-electron chi connectivity index (χ3n) is 4.51. The Labute approximate surface area is 112 Å². The van der Waals surface area contributed by atoms with Crippen molar-refractivity contribution in [3.05, 3.63) is 0 Å². The van der Waals surface area contributed by atoms with Gasteiger partial charge in [-0.1, -0.05) is 32.6 Å². The molecule has 1 saturated heterocycles. The van der Waals surface area contributed by atoms with Crippen LogP contribution in [0.15, 0.2) is 4.99 Å². The Morgan fingerprint density at radius 3 is 2.61 bits per heavy atom. The minimum atomic E-state index is 0.514. The number of guanidine groups is 1. The SMILES string of the molecule is CCCC1CCCN(C(N)=NC2CCCC2)CC1. The molecule has 0 aromatic heterocycles. The van der Waals surface area contributed by atoms with Crippen LogP contribution in [0.3, 0.4) is 0 Å². The molecule has 1 saturated carbocycles. The van der Waals surface area contributed by atoms with E-state index in [-0.39, 0.29) is 0 Å². The van der Waals surface area contributed by atoms with Gasteiger partial charge in [-0.2, -0.15) is 0 Å². The van der Waals surface area contributed by atoms with E-state index in [0.717, 1.165) is 25.0 Å². The van der Waals surface area contributed by atoms with Gasteiger partial charge in [-0.15, -0.1) is 0 Å². The summed E-state index contributed by atoms with van der Waals surface area (Å²) in [6.07, 6.45) is 11.8. The van der Waals surface area contributed by atoms with Gasteiger partial charge >= 0.3 is 0 Å². The summed E-state index contributed by atoms with van der Waals surface area (Å²) in [5, 5.41) is 0. The molecule has 0 aromatic carbocycles. The van der Waals surface area contributed by atoms with Gasteiger partial charge in [0.15, 0.2) is 5.96 Å². The first-order valence-corrected chi connectivity index (χ1v) is 7.87. The molecule has 0 radical (unpaired) electrons. The summed E-state index contributed by atoms with van der Waals surface area (Å²) >= 11 is 0. The number of hydrogen-bond donors (Lipinski definition) is 1. The molecule has 2 N–H and O–H groups in total. The summed E-state index contributed by atoms with van der Waals surface area (Å²) in [6, 6.07) is 0.514. The molecule has 0 aromatic rings. The van der Waals surface area contributed by atoms with Gasteiger partial charge in [0.05, 0.1) is 6.04 Å². The largest absolute Gasteiger partial charge is 0.370 e. The van der Waals surface area contributed by atoms with Crippen LogP contribution in [0.5, 0.6) is 0 Å². The van der Waals surface area contributed by atoms with Crippen molar-refractivity contribution in [2.24, 2.45) is 16.6 Å².